The number of aryl methyl sites for hydroxylation is 1. The van der Waals surface area contributed by atoms with E-state index in [1.807, 2.05) is 0 Å². The van der Waals surface area contributed by atoms with Crippen LogP contribution in [0.15, 0.2) is 29.4 Å². The van der Waals surface area contributed by atoms with E-state index in [4.69, 9.17) is 0 Å². The minimum atomic E-state index is -3.80. The second kappa shape index (κ2) is 4.06. The van der Waals surface area contributed by atoms with E-state index in [1.54, 1.807) is 13.0 Å². The van der Waals surface area contributed by atoms with Crippen LogP contribution in [0.25, 0.3) is 0 Å². The fraction of sp³-hybridized carbons (Fsp3) is 0.111. The van der Waals surface area contributed by atoms with Gasteiger partial charge in [-0.15, -0.1) is 0 Å². The summed E-state index contributed by atoms with van der Waals surface area (Å²) in [5, 5.41) is 15.2. The van der Waals surface area contributed by atoms with Crippen molar-refractivity contribution >= 4 is 15.8 Å². The van der Waals surface area contributed by atoms with Crippen molar-refractivity contribution in [1.82, 2.24) is 15.2 Å². The van der Waals surface area contributed by atoms with E-state index in [-0.39, 0.29) is 16.6 Å². The molecular weight excluding hydrogens is 244 g/mol. The van der Waals surface area contributed by atoms with E-state index in [0.29, 0.717) is 5.69 Å². The van der Waals surface area contributed by atoms with Crippen molar-refractivity contribution < 1.29 is 13.5 Å². The quantitative estimate of drug-likeness (QED) is 0.744. The number of rotatable bonds is 3. The SMILES string of the molecule is Cc1ccc(O)c(NS(=O)(=O)c2ccn[nH]2)n1. The van der Waals surface area contributed by atoms with Gasteiger partial charge in [0.05, 0.1) is 6.20 Å². The largest absolute Gasteiger partial charge is 0.504 e. The van der Waals surface area contributed by atoms with Gasteiger partial charge < -0.3 is 5.11 Å². The molecule has 0 saturated carbocycles. The maximum absolute atomic E-state index is 11.8. The number of anilines is 1. The van der Waals surface area contributed by atoms with Gasteiger partial charge in [0.1, 0.15) is 0 Å². The molecule has 2 aromatic rings. The zero-order chi connectivity index (χ0) is 12.5. The fourth-order valence-electron chi connectivity index (χ4n) is 1.20. The number of aromatic amines is 1. The Morgan fingerprint density at radius 2 is 2.12 bits per heavy atom. The van der Waals surface area contributed by atoms with E-state index in [2.05, 4.69) is 19.9 Å². The van der Waals surface area contributed by atoms with Crippen LogP contribution in [-0.4, -0.2) is 28.7 Å². The van der Waals surface area contributed by atoms with Crippen LogP contribution in [0.2, 0.25) is 0 Å². The van der Waals surface area contributed by atoms with Crippen molar-refractivity contribution in [1.29, 1.82) is 0 Å². The van der Waals surface area contributed by atoms with E-state index >= 15 is 0 Å². The summed E-state index contributed by atoms with van der Waals surface area (Å²) in [5.41, 5.74) is 0.588. The Kier molecular flexibility index (Phi) is 2.72. The van der Waals surface area contributed by atoms with Crippen LogP contribution >= 0.6 is 0 Å². The van der Waals surface area contributed by atoms with Gasteiger partial charge in [-0.1, -0.05) is 0 Å². The molecule has 0 spiro atoms. The van der Waals surface area contributed by atoms with Crippen LogP contribution in [0.4, 0.5) is 5.82 Å². The summed E-state index contributed by atoms with van der Waals surface area (Å²) in [5.74, 6) is -0.349. The average Bonchev–Trinajstić information content (AvgIpc) is 2.77. The molecule has 3 N–H and O–H groups in total. The second-order valence-corrected chi connectivity index (χ2v) is 5.00. The zero-order valence-corrected chi connectivity index (χ0v) is 9.69. The molecule has 0 amide bonds. The Labute approximate surface area is 97.6 Å². The summed E-state index contributed by atoms with van der Waals surface area (Å²) >= 11 is 0. The first-order valence-corrected chi connectivity index (χ1v) is 6.16. The lowest BCUT2D eigenvalue weighted by atomic mass is 10.3. The molecule has 2 aromatic heterocycles. The molecule has 0 aromatic carbocycles. The predicted octanol–water partition coefficient (Wildman–Crippen LogP) is 0.620. The standard InChI is InChI=1S/C9H10N4O3S/c1-6-2-3-7(14)9(11-6)13-17(15,16)8-4-5-10-12-8/h2-5,14H,1H3,(H,10,12)(H,11,13). The highest BCUT2D eigenvalue weighted by atomic mass is 32.2. The van der Waals surface area contributed by atoms with Gasteiger partial charge in [-0.25, -0.2) is 4.98 Å². The third kappa shape index (κ3) is 2.36. The van der Waals surface area contributed by atoms with Crippen LogP contribution in [0.5, 0.6) is 5.75 Å². The van der Waals surface area contributed by atoms with Crippen molar-refractivity contribution in [2.75, 3.05) is 4.72 Å². The maximum atomic E-state index is 11.8. The van der Waals surface area contributed by atoms with Crippen LogP contribution in [-0.2, 0) is 10.0 Å². The Morgan fingerprint density at radius 1 is 1.35 bits per heavy atom. The van der Waals surface area contributed by atoms with Gasteiger partial charge in [0.25, 0.3) is 10.0 Å². The first kappa shape index (κ1) is 11.4. The van der Waals surface area contributed by atoms with Gasteiger partial charge >= 0.3 is 0 Å². The highest BCUT2D eigenvalue weighted by Gasteiger charge is 2.18. The lowest BCUT2D eigenvalue weighted by Gasteiger charge is -2.07. The molecule has 0 saturated heterocycles. The summed E-state index contributed by atoms with van der Waals surface area (Å²) in [6.45, 7) is 1.69. The van der Waals surface area contributed by atoms with E-state index < -0.39 is 10.0 Å². The van der Waals surface area contributed by atoms with Crippen LogP contribution in [0.1, 0.15) is 5.69 Å². The molecule has 7 nitrogen and oxygen atoms in total. The number of hydrogen-bond acceptors (Lipinski definition) is 5. The molecule has 0 fully saturated rings. The number of hydrogen-bond donors (Lipinski definition) is 3. The molecule has 17 heavy (non-hydrogen) atoms. The first-order chi connectivity index (χ1) is 7.99. The van der Waals surface area contributed by atoms with Gasteiger partial charge in [0, 0.05) is 5.69 Å². The van der Waals surface area contributed by atoms with Gasteiger partial charge in [-0.05, 0) is 25.1 Å². The highest BCUT2D eigenvalue weighted by molar-refractivity contribution is 7.92. The summed E-state index contributed by atoms with van der Waals surface area (Å²) in [6.07, 6.45) is 1.32. The van der Waals surface area contributed by atoms with Gasteiger partial charge in [0.15, 0.2) is 16.6 Å². The molecule has 0 bridgehead atoms. The molecule has 2 rings (SSSR count). The number of pyridine rings is 1. The van der Waals surface area contributed by atoms with Crippen molar-refractivity contribution in [3.8, 4) is 5.75 Å². The minimum absolute atomic E-state index is 0.0970. The molecule has 0 aliphatic rings. The fourth-order valence-corrected chi connectivity index (χ4v) is 2.13. The number of nitrogens with zero attached hydrogens (tertiary/aromatic N) is 2. The van der Waals surface area contributed by atoms with E-state index in [0.717, 1.165) is 0 Å². The second-order valence-electron chi connectivity index (χ2n) is 3.35. The summed E-state index contributed by atoms with van der Waals surface area (Å²) < 4.78 is 25.8. The lowest BCUT2D eigenvalue weighted by molar-refractivity contribution is 0.475. The number of aromatic hydroxyl groups is 1. The maximum Gasteiger partial charge on any atom is 0.280 e. The molecule has 0 atom stereocenters. The Balaban J connectivity index is 2.36. The minimum Gasteiger partial charge on any atom is -0.504 e. The van der Waals surface area contributed by atoms with Crippen LogP contribution in [0, 0.1) is 6.92 Å². The topological polar surface area (TPSA) is 108 Å². The Hall–Kier alpha value is -2.09. The number of nitrogens with one attached hydrogen (secondary N) is 2. The van der Waals surface area contributed by atoms with E-state index in [1.165, 1.54) is 18.3 Å². The van der Waals surface area contributed by atoms with Gasteiger partial charge in [0.2, 0.25) is 0 Å². The normalized spacial score (nSPS) is 11.4. The summed E-state index contributed by atoms with van der Waals surface area (Å²) in [4.78, 5) is 3.89. The number of aromatic nitrogens is 3. The van der Waals surface area contributed by atoms with Crippen molar-refractivity contribution in [2.24, 2.45) is 0 Å². The van der Waals surface area contributed by atoms with Crippen molar-refractivity contribution in [2.45, 2.75) is 11.9 Å². The van der Waals surface area contributed by atoms with Crippen LogP contribution in [0.3, 0.4) is 0 Å². The van der Waals surface area contributed by atoms with Crippen LogP contribution < -0.4 is 4.72 Å². The van der Waals surface area contributed by atoms with E-state index in [9.17, 15) is 13.5 Å². The van der Waals surface area contributed by atoms with Crippen molar-refractivity contribution in [3.63, 3.8) is 0 Å². The Morgan fingerprint density at radius 3 is 2.76 bits per heavy atom. The molecule has 0 aliphatic carbocycles. The van der Waals surface area contributed by atoms with Gasteiger partial charge in [-0.2, -0.15) is 13.5 Å². The predicted molar refractivity (Wildman–Crippen MR) is 60.0 cm³/mol. The molecule has 0 aliphatic heterocycles. The summed E-state index contributed by atoms with van der Waals surface area (Å²) in [6, 6.07) is 4.24. The molecule has 90 valence electrons. The monoisotopic (exact) mass is 254 g/mol. The third-order valence-electron chi connectivity index (χ3n) is 2.01. The first-order valence-electron chi connectivity index (χ1n) is 4.68. The zero-order valence-electron chi connectivity index (χ0n) is 8.88. The summed E-state index contributed by atoms with van der Waals surface area (Å²) in [7, 11) is -3.80. The Bertz CT molecular complexity index is 622. The number of sulfonamides is 1. The average molecular weight is 254 g/mol. The highest BCUT2D eigenvalue weighted by Crippen LogP contribution is 2.22. The number of H-pyrrole nitrogens is 1. The molecule has 2 heterocycles. The molecule has 8 heteroatoms. The lowest BCUT2D eigenvalue weighted by Crippen LogP contribution is -2.14. The van der Waals surface area contributed by atoms with Crippen molar-refractivity contribution in [3.05, 3.63) is 30.1 Å². The third-order valence-corrected chi connectivity index (χ3v) is 3.28. The smallest absolute Gasteiger partial charge is 0.280 e. The molecular formula is C9H10N4O3S. The molecule has 0 unspecified atom stereocenters. The van der Waals surface area contributed by atoms with Gasteiger partial charge in [-0.3, -0.25) is 9.82 Å². The molecule has 0 radical (unpaired) electrons.